The third-order valence-corrected chi connectivity index (χ3v) is 3.37. The molecule has 2 unspecified atom stereocenters. The number of nitrogens with one attached hydrogen (secondary N) is 1. The summed E-state index contributed by atoms with van der Waals surface area (Å²) in [6, 6.07) is 10.2. The van der Waals surface area contributed by atoms with Gasteiger partial charge in [-0.3, -0.25) is 4.79 Å². The van der Waals surface area contributed by atoms with Gasteiger partial charge in [0.15, 0.2) is 0 Å². The largest absolute Gasteiger partial charge is 0.459 e. The van der Waals surface area contributed by atoms with Crippen LogP contribution in [0.4, 0.5) is 0 Å². The molecule has 0 amide bonds. The number of hydrogen-bond acceptors (Lipinski definition) is 3. The fourth-order valence-corrected chi connectivity index (χ4v) is 2.50. The van der Waals surface area contributed by atoms with Gasteiger partial charge in [-0.15, -0.1) is 0 Å². The van der Waals surface area contributed by atoms with Crippen molar-refractivity contribution in [1.82, 2.24) is 5.32 Å². The molecule has 1 saturated heterocycles. The number of benzene rings is 1. The minimum atomic E-state index is -0.418. The van der Waals surface area contributed by atoms with Crippen LogP contribution in [0.3, 0.4) is 0 Å². The van der Waals surface area contributed by atoms with Crippen molar-refractivity contribution in [2.75, 3.05) is 6.54 Å². The quantitative estimate of drug-likeness (QED) is 0.832. The van der Waals surface area contributed by atoms with Gasteiger partial charge in [0.25, 0.3) is 0 Å². The molecule has 0 bridgehead atoms. The highest BCUT2D eigenvalue weighted by Gasteiger charge is 2.30. The molecule has 2 rings (SSSR count). The SMILES string of the molecule is CC(C)(C)OC(=O)C1CC(c2ccccc2)CCN1. The third-order valence-electron chi connectivity index (χ3n) is 3.37. The van der Waals surface area contributed by atoms with E-state index in [0.29, 0.717) is 5.92 Å². The first-order chi connectivity index (χ1) is 8.96. The second-order valence-electron chi connectivity index (χ2n) is 6.17. The van der Waals surface area contributed by atoms with E-state index in [2.05, 4.69) is 29.6 Å². The van der Waals surface area contributed by atoms with E-state index in [1.807, 2.05) is 26.8 Å². The van der Waals surface area contributed by atoms with E-state index in [-0.39, 0.29) is 12.0 Å². The predicted molar refractivity (Wildman–Crippen MR) is 76.1 cm³/mol. The van der Waals surface area contributed by atoms with Crippen LogP contribution in [0.25, 0.3) is 0 Å². The number of hydrogen-bond donors (Lipinski definition) is 1. The van der Waals surface area contributed by atoms with Crippen LogP contribution in [0.15, 0.2) is 30.3 Å². The highest BCUT2D eigenvalue weighted by atomic mass is 16.6. The highest BCUT2D eigenvalue weighted by Crippen LogP contribution is 2.28. The van der Waals surface area contributed by atoms with Crippen molar-refractivity contribution in [1.29, 1.82) is 0 Å². The molecule has 1 N–H and O–H groups in total. The molecule has 104 valence electrons. The molecule has 0 radical (unpaired) electrons. The second kappa shape index (κ2) is 5.74. The molecule has 1 aliphatic heterocycles. The maximum Gasteiger partial charge on any atom is 0.323 e. The lowest BCUT2D eigenvalue weighted by Crippen LogP contribution is -2.45. The average Bonchev–Trinajstić information content (AvgIpc) is 2.38. The van der Waals surface area contributed by atoms with Crippen molar-refractivity contribution in [2.24, 2.45) is 0 Å². The normalized spacial score (nSPS) is 23.9. The molecule has 0 aliphatic carbocycles. The summed E-state index contributed by atoms with van der Waals surface area (Å²) in [6.45, 7) is 6.58. The minimum absolute atomic E-state index is 0.131. The van der Waals surface area contributed by atoms with Crippen LogP contribution in [0.2, 0.25) is 0 Å². The number of carbonyl (C=O) groups is 1. The first-order valence-electron chi connectivity index (χ1n) is 6.97. The Labute approximate surface area is 115 Å². The smallest absolute Gasteiger partial charge is 0.323 e. The third kappa shape index (κ3) is 4.06. The van der Waals surface area contributed by atoms with E-state index >= 15 is 0 Å². The Kier molecular flexibility index (Phi) is 4.25. The molecule has 2 atom stereocenters. The van der Waals surface area contributed by atoms with Gasteiger partial charge in [-0.1, -0.05) is 30.3 Å². The molecule has 1 heterocycles. The lowest BCUT2D eigenvalue weighted by Gasteiger charge is -2.31. The second-order valence-corrected chi connectivity index (χ2v) is 6.17. The lowest BCUT2D eigenvalue weighted by molar-refractivity contribution is -0.158. The van der Waals surface area contributed by atoms with Gasteiger partial charge in [-0.2, -0.15) is 0 Å². The lowest BCUT2D eigenvalue weighted by atomic mass is 9.86. The van der Waals surface area contributed by atoms with Crippen LogP contribution in [0.5, 0.6) is 0 Å². The Morgan fingerprint density at radius 2 is 1.95 bits per heavy atom. The van der Waals surface area contributed by atoms with E-state index in [0.717, 1.165) is 19.4 Å². The number of ether oxygens (including phenoxy) is 1. The Bertz CT molecular complexity index is 422. The number of piperidine rings is 1. The van der Waals surface area contributed by atoms with E-state index in [4.69, 9.17) is 4.74 Å². The Morgan fingerprint density at radius 3 is 2.58 bits per heavy atom. The van der Waals surface area contributed by atoms with E-state index in [1.54, 1.807) is 0 Å². The summed E-state index contributed by atoms with van der Waals surface area (Å²) in [5.41, 5.74) is 0.899. The van der Waals surface area contributed by atoms with Gasteiger partial charge in [-0.05, 0) is 51.6 Å². The molecule has 1 aliphatic rings. The summed E-state index contributed by atoms with van der Waals surface area (Å²) in [7, 11) is 0. The zero-order valence-corrected chi connectivity index (χ0v) is 12.0. The summed E-state index contributed by atoms with van der Waals surface area (Å²) in [5.74, 6) is 0.313. The summed E-state index contributed by atoms with van der Waals surface area (Å²) in [4.78, 5) is 12.1. The summed E-state index contributed by atoms with van der Waals surface area (Å²) in [6.07, 6.45) is 1.89. The topological polar surface area (TPSA) is 38.3 Å². The van der Waals surface area contributed by atoms with Crippen LogP contribution < -0.4 is 5.32 Å². The minimum Gasteiger partial charge on any atom is -0.459 e. The van der Waals surface area contributed by atoms with Crippen molar-refractivity contribution in [2.45, 2.75) is 51.2 Å². The van der Waals surface area contributed by atoms with Crippen molar-refractivity contribution in [3.8, 4) is 0 Å². The van der Waals surface area contributed by atoms with Gasteiger partial charge in [-0.25, -0.2) is 0 Å². The first kappa shape index (κ1) is 14.1. The molecule has 1 aromatic rings. The fourth-order valence-electron chi connectivity index (χ4n) is 2.50. The van der Waals surface area contributed by atoms with Crippen molar-refractivity contribution >= 4 is 5.97 Å². The van der Waals surface area contributed by atoms with E-state index in [9.17, 15) is 4.79 Å². The fraction of sp³-hybridized carbons (Fsp3) is 0.562. The molecule has 0 spiro atoms. The van der Waals surface area contributed by atoms with E-state index in [1.165, 1.54) is 5.56 Å². The van der Waals surface area contributed by atoms with Crippen LogP contribution in [-0.4, -0.2) is 24.2 Å². The average molecular weight is 261 g/mol. The molecule has 0 saturated carbocycles. The predicted octanol–water partition coefficient (Wildman–Crippen LogP) is 2.86. The van der Waals surface area contributed by atoms with Gasteiger partial charge in [0.1, 0.15) is 11.6 Å². The van der Waals surface area contributed by atoms with E-state index < -0.39 is 5.60 Å². The molecular formula is C16H23NO2. The summed E-state index contributed by atoms with van der Waals surface area (Å²) in [5, 5.41) is 3.27. The number of esters is 1. The molecule has 1 fully saturated rings. The maximum atomic E-state index is 12.1. The van der Waals surface area contributed by atoms with Crippen molar-refractivity contribution in [3.05, 3.63) is 35.9 Å². The molecular weight excluding hydrogens is 238 g/mol. The van der Waals surface area contributed by atoms with Gasteiger partial charge in [0.05, 0.1) is 0 Å². The van der Waals surface area contributed by atoms with Crippen molar-refractivity contribution < 1.29 is 9.53 Å². The maximum absolute atomic E-state index is 12.1. The first-order valence-corrected chi connectivity index (χ1v) is 6.97. The van der Waals surface area contributed by atoms with Crippen LogP contribution >= 0.6 is 0 Å². The molecule has 3 nitrogen and oxygen atoms in total. The Balaban J connectivity index is 2.00. The zero-order valence-electron chi connectivity index (χ0n) is 12.0. The number of rotatable bonds is 2. The van der Waals surface area contributed by atoms with Crippen LogP contribution in [0.1, 0.15) is 45.1 Å². The summed E-state index contributed by atoms with van der Waals surface area (Å²) >= 11 is 0. The summed E-state index contributed by atoms with van der Waals surface area (Å²) < 4.78 is 5.46. The molecule has 3 heteroatoms. The van der Waals surface area contributed by atoms with Crippen LogP contribution in [0, 0.1) is 0 Å². The Hall–Kier alpha value is -1.35. The van der Waals surface area contributed by atoms with Crippen LogP contribution in [-0.2, 0) is 9.53 Å². The molecule has 1 aromatic carbocycles. The standard InChI is InChI=1S/C16H23NO2/c1-16(2,3)19-15(18)14-11-13(9-10-17-14)12-7-5-4-6-8-12/h4-8,13-14,17H,9-11H2,1-3H3. The number of carbonyl (C=O) groups excluding carboxylic acids is 1. The van der Waals surface area contributed by atoms with Gasteiger partial charge < -0.3 is 10.1 Å². The monoisotopic (exact) mass is 261 g/mol. The van der Waals surface area contributed by atoms with Gasteiger partial charge in [0, 0.05) is 0 Å². The van der Waals surface area contributed by atoms with Gasteiger partial charge in [0.2, 0.25) is 0 Å². The molecule has 0 aromatic heterocycles. The zero-order chi connectivity index (χ0) is 13.9. The van der Waals surface area contributed by atoms with Crippen molar-refractivity contribution in [3.63, 3.8) is 0 Å². The molecule has 19 heavy (non-hydrogen) atoms. The Morgan fingerprint density at radius 1 is 1.26 bits per heavy atom. The highest BCUT2D eigenvalue weighted by molar-refractivity contribution is 5.76. The van der Waals surface area contributed by atoms with Gasteiger partial charge >= 0.3 is 5.97 Å².